The number of aryl methyl sites for hydroxylation is 2. The summed E-state index contributed by atoms with van der Waals surface area (Å²) in [5, 5.41) is 13.9. The maximum Gasteiger partial charge on any atom is 0.271 e. The van der Waals surface area contributed by atoms with Crippen molar-refractivity contribution in [2.75, 3.05) is 10.6 Å². The molecule has 8 nitrogen and oxygen atoms in total. The first-order valence-corrected chi connectivity index (χ1v) is 11.6. The van der Waals surface area contributed by atoms with Crippen molar-refractivity contribution < 1.29 is 18.1 Å². The molecule has 9 heteroatoms. The van der Waals surface area contributed by atoms with Crippen LogP contribution in [0.5, 0.6) is 0 Å². The fourth-order valence-electron chi connectivity index (χ4n) is 3.83. The van der Waals surface area contributed by atoms with E-state index in [4.69, 9.17) is 0 Å². The molecule has 2 aromatic carbocycles. The molecule has 0 saturated heterocycles. The monoisotopic (exact) mass is 431 g/mol. The minimum absolute atomic E-state index is 0.0690. The number of hydrogen-bond acceptors (Lipinski definition) is 5. The number of amides is 1. The third kappa shape index (κ3) is 4.62. The van der Waals surface area contributed by atoms with E-state index in [1.54, 1.807) is 0 Å². The summed E-state index contributed by atoms with van der Waals surface area (Å²) in [6, 6.07) is 10.00. The van der Waals surface area contributed by atoms with E-state index in [0.717, 1.165) is 41.5 Å². The smallest absolute Gasteiger partial charge is 0.271 e. The number of nitrogens with zero attached hydrogens (tertiary/aromatic N) is 2. The van der Waals surface area contributed by atoms with Gasteiger partial charge < -0.3 is 5.32 Å². The van der Waals surface area contributed by atoms with Crippen LogP contribution in [-0.2, 0) is 27.7 Å². The number of fused-ring (bicyclic) bond motifs is 1. The SMILES string of the molecule is C[C@@H](NC(=O)[C@H](C)N(c1cccc([N+](=O)[O-])c1)S(C)(=O)=O)c1ccc2c(c1)CCC2. The van der Waals surface area contributed by atoms with Crippen molar-refractivity contribution in [3.63, 3.8) is 0 Å². The molecule has 30 heavy (non-hydrogen) atoms. The predicted octanol–water partition coefficient (Wildman–Crippen LogP) is 3.12. The summed E-state index contributed by atoms with van der Waals surface area (Å²) in [6.07, 6.45) is 4.19. The van der Waals surface area contributed by atoms with Gasteiger partial charge in [-0.3, -0.25) is 19.2 Å². The van der Waals surface area contributed by atoms with E-state index in [-0.39, 0.29) is 17.4 Å². The first-order valence-electron chi connectivity index (χ1n) is 9.74. The molecule has 160 valence electrons. The van der Waals surface area contributed by atoms with Gasteiger partial charge in [-0.1, -0.05) is 24.3 Å². The molecule has 1 aliphatic carbocycles. The molecule has 1 aliphatic rings. The Labute approximate surface area is 176 Å². The standard InChI is InChI=1S/C21H25N3O5S/c1-14(17-11-10-16-6-4-7-18(16)12-17)22-21(25)15(2)23(30(3,28)29)19-8-5-9-20(13-19)24(26)27/h5,8-15H,4,6-7H2,1-3H3,(H,22,25)/t14-,15+/m1/s1. The zero-order chi connectivity index (χ0) is 22.1. The van der Waals surface area contributed by atoms with Crippen molar-refractivity contribution >= 4 is 27.3 Å². The molecule has 3 rings (SSSR count). The predicted molar refractivity (Wildman–Crippen MR) is 115 cm³/mol. The number of rotatable bonds is 7. The van der Waals surface area contributed by atoms with Crippen molar-refractivity contribution in [3.05, 3.63) is 69.3 Å². The van der Waals surface area contributed by atoms with Gasteiger partial charge in [-0.05, 0) is 55.9 Å². The Kier molecular flexibility index (Phi) is 6.12. The van der Waals surface area contributed by atoms with Crippen molar-refractivity contribution in [1.29, 1.82) is 0 Å². The molecule has 1 N–H and O–H groups in total. The van der Waals surface area contributed by atoms with Crippen molar-refractivity contribution in [2.45, 2.75) is 45.2 Å². The normalized spacial score (nSPS) is 15.2. The Hall–Kier alpha value is -2.94. The topological polar surface area (TPSA) is 110 Å². The molecule has 0 unspecified atom stereocenters. The zero-order valence-corrected chi connectivity index (χ0v) is 18.0. The van der Waals surface area contributed by atoms with Crippen LogP contribution in [0.25, 0.3) is 0 Å². The second-order valence-corrected chi connectivity index (χ2v) is 9.48. The summed E-state index contributed by atoms with van der Waals surface area (Å²) in [7, 11) is -3.86. The van der Waals surface area contributed by atoms with Crippen LogP contribution in [-0.4, -0.2) is 31.5 Å². The summed E-state index contributed by atoms with van der Waals surface area (Å²) < 4.78 is 25.7. The van der Waals surface area contributed by atoms with Gasteiger partial charge in [0, 0.05) is 12.1 Å². The quantitative estimate of drug-likeness (QED) is 0.535. The van der Waals surface area contributed by atoms with E-state index in [0.29, 0.717) is 0 Å². The molecule has 0 aliphatic heterocycles. The highest BCUT2D eigenvalue weighted by atomic mass is 32.2. The van der Waals surface area contributed by atoms with Crippen LogP contribution in [0.15, 0.2) is 42.5 Å². The van der Waals surface area contributed by atoms with Gasteiger partial charge in [0.2, 0.25) is 15.9 Å². The second kappa shape index (κ2) is 8.43. The number of carbonyl (C=O) groups excluding carboxylic acids is 1. The highest BCUT2D eigenvalue weighted by molar-refractivity contribution is 7.92. The summed E-state index contributed by atoms with van der Waals surface area (Å²) in [5.41, 5.74) is 3.40. The van der Waals surface area contributed by atoms with E-state index < -0.39 is 26.9 Å². The Bertz CT molecular complexity index is 1080. The van der Waals surface area contributed by atoms with Gasteiger partial charge >= 0.3 is 0 Å². The number of nitrogens with one attached hydrogen (secondary N) is 1. The van der Waals surface area contributed by atoms with Crippen molar-refractivity contribution in [1.82, 2.24) is 5.32 Å². The van der Waals surface area contributed by atoms with E-state index in [2.05, 4.69) is 17.4 Å². The lowest BCUT2D eigenvalue weighted by Crippen LogP contribution is -2.48. The number of benzene rings is 2. The Morgan fingerprint density at radius 3 is 2.50 bits per heavy atom. The van der Waals surface area contributed by atoms with Gasteiger partial charge in [0.1, 0.15) is 6.04 Å². The maximum absolute atomic E-state index is 12.9. The first-order chi connectivity index (χ1) is 14.1. The third-order valence-corrected chi connectivity index (χ3v) is 6.61. The number of nitro groups is 1. The Morgan fingerprint density at radius 1 is 1.13 bits per heavy atom. The summed E-state index contributed by atoms with van der Waals surface area (Å²) in [4.78, 5) is 23.4. The molecule has 0 aromatic heterocycles. The number of anilines is 1. The highest BCUT2D eigenvalue weighted by Gasteiger charge is 2.31. The average Bonchev–Trinajstić information content (AvgIpc) is 3.14. The van der Waals surface area contributed by atoms with Gasteiger partial charge in [0.25, 0.3) is 5.69 Å². The lowest BCUT2D eigenvalue weighted by atomic mass is 10.0. The number of sulfonamides is 1. The fraction of sp³-hybridized carbons (Fsp3) is 0.381. The van der Waals surface area contributed by atoms with Gasteiger partial charge in [0.15, 0.2) is 0 Å². The molecule has 0 heterocycles. The number of carbonyl (C=O) groups is 1. The zero-order valence-electron chi connectivity index (χ0n) is 17.2. The van der Waals surface area contributed by atoms with Crippen LogP contribution in [0.1, 0.15) is 43.0 Å². The molecule has 0 bridgehead atoms. The third-order valence-electron chi connectivity index (χ3n) is 5.36. The lowest BCUT2D eigenvalue weighted by Gasteiger charge is -2.29. The van der Waals surface area contributed by atoms with Crippen LogP contribution in [0.4, 0.5) is 11.4 Å². The van der Waals surface area contributed by atoms with Crippen LogP contribution < -0.4 is 9.62 Å². The molecule has 0 saturated carbocycles. The molecule has 0 spiro atoms. The summed E-state index contributed by atoms with van der Waals surface area (Å²) in [5.74, 6) is -0.486. The van der Waals surface area contributed by atoms with Crippen molar-refractivity contribution in [2.24, 2.45) is 0 Å². The minimum Gasteiger partial charge on any atom is -0.348 e. The van der Waals surface area contributed by atoms with E-state index in [1.165, 1.54) is 36.2 Å². The number of non-ortho nitro benzene ring substituents is 1. The van der Waals surface area contributed by atoms with E-state index >= 15 is 0 Å². The molecule has 0 fully saturated rings. The lowest BCUT2D eigenvalue weighted by molar-refractivity contribution is -0.384. The van der Waals surface area contributed by atoms with Gasteiger partial charge in [-0.15, -0.1) is 0 Å². The summed E-state index contributed by atoms with van der Waals surface area (Å²) in [6.45, 7) is 3.31. The first kappa shape index (κ1) is 21.8. The number of nitro benzene ring substituents is 1. The fourth-order valence-corrected chi connectivity index (χ4v) is 5.00. The van der Waals surface area contributed by atoms with Gasteiger partial charge in [-0.2, -0.15) is 0 Å². The maximum atomic E-state index is 12.9. The molecule has 2 atom stereocenters. The Balaban J connectivity index is 1.82. The van der Waals surface area contributed by atoms with Crippen LogP contribution in [0, 0.1) is 10.1 Å². The average molecular weight is 432 g/mol. The highest BCUT2D eigenvalue weighted by Crippen LogP contribution is 2.27. The number of hydrogen-bond donors (Lipinski definition) is 1. The van der Waals surface area contributed by atoms with Crippen LogP contribution in [0.2, 0.25) is 0 Å². The molecule has 1 amide bonds. The molecular weight excluding hydrogens is 406 g/mol. The Morgan fingerprint density at radius 2 is 1.83 bits per heavy atom. The molecule has 0 radical (unpaired) electrons. The van der Waals surface area contributed by atoms with Crippen molar-refractivity contribution in [3.8, 4) is 0 Å². The second-order valence-electron chi connectivity index (χ2n) is 7.62. The van der Waals surface area contributed by atoms with Crippen LogP contribution in [0.3, 0.4) is 0 Å². The minimum atomic E-state index is -3.86. The van der Waals surface area contributed by atoms with Gasteiger partial charge in [-0.25, -0.2) is 8.42 Å². The summed E-state index contributed by atoms with van der Waals surface area (Å²) >= 11 is 0. The van der Waals surface area contributed by atoms with E-state index in [9.17, 15) is 23.3 Å². The molecular formula is C21H25N3O5S. The largest absolute Gasteiger partial charge is 0.348 e. The molecule has 2 aromatic rings. The van der Waals surface area contributed by atoms with E-state index in [1.807, 2.05) is 13.0 Å². The van der Waals surface area contributed by atoms with Crippen LogP contribution >= 0.6 is 0 Å². The van der Waals surface area contributed by atoms with Gasteiger partial charge in [0.05, 0.1) is 22.9 Å².